The van der Waals surface area contributed by atoms with Gasteiger partial charge < -0.3 is 14.6 Å². The van der Waals surface area contributed by atoms with Crippen LogP contribution in [0, 0.1) is 0 Å². The molecule has 0 aliphatic heterocycles. The standard InChI is InChI=1S/C13H20O3S/c1-13(2,8-14)10-6-9(15-3)7-11(17-5)12(10)16-4/h6-7,14H,8H2,1-5H3. The summed E-state index contributed by atoms with van der Waals surface area (Å²) in [6.45, 7) is 4.02. The van der Waals surface area contributed by atoms with Crippen LogP contribution in [0.3, 0.4) is 0 Å². The van der Waals surface area contributed by atoms with Crippen molar-refractivity contribution in [1.29, 1.82) is 0 Å². The minimum absolute atomic E-state index is 0.0599. The van der Waals surface area contributed by atoms with Crippen molar-refractivity contribution in [3.63, 3.8) is 0 Å². The van der Waals surface area contributed by atoms with Crippen molar-refractivity contribution in [2.24, 2.45) is 0 Å². The number of methoxy groups -OCH3 is 2. The minimum Gasteiger partial charge on any atom is -0.497 e. The van der Waals surface area contributed by atoms with Crippen molar-refractivity contribution in [1.82, 2.24) is 0 Å². The number of thioether (sulfide) groups is 1. The average Bonchev–Trinajstić information content (AvgIpc) is 2.36. The summed E-state index contributed by atoms with van der Waals surface area (Å²) < 4.78 is 10.8. The highest BCUT2D eigenvalue weighted by molar-refractivity contribution is 7.98. The van der Waals surface area contributed by atoms with E-state index in [4.69, 9.17) is 9.47 Å². The SMILES string of the molecule is COc1cc(SC)c(OC)c(C(C)(C)CO)c1. The van der Waals surface area contributed by atoms with Crippen molar-refractivity contribution in [2.75, 3.05) is 27.1 Å². The van der Waals surface area contributed by atoms with Gasteiger partial charge in [0.25, 0.3) is 0 Å². The molecule has 4 heteroatoms. The van der Waals surface area contributed by atoms with Crippen LogP contribution in [0.4, 0.5) is 0 Å². The summed E-state index contributed by atoms with van der Waals surface area (Å²) in [6.07, 6.45) is 1.99. The summed E-state index contributed by atoms with van der Waals surface area (Å²) in [7, 11) is 3.29. The summed E-state index contributed by atoms with van der Waals surface area (Å²) >= 11 is 1.60. The molecule has 1 aromatic carbocycles. The van der Waals surface area contributed by atoms with Gasteiger partial charge in [-0.2, -0.15) is 0 Å². The fourth-order valence-corrected chi connectivity index (χ4v) is 2.26. The summed E-state index contributed by atoms with van der Waals surface area (Å²) in [5.74, 6) is 1.60. The third-order valence-corrected chi connectivity index (χ3v) is 3.56. The highest BCUT2D eigenvalue weighted by atomic mass is 32.2. The van der Waals surface area contributed by atoms with E-state index in [2.05, 4.69) is 0 Å². The van der Waals surface area contributed by atoms with Crippen molar-refractivity contribution in [3.05, 3.63) is 17.7 Å². The van der Waals surface area contributed by atoms with Crippen molar-refractivity contribution in [3.8, 4) is 11.5 Å². The van der Waals surface area contributed by atoms with Crippen molar-refractivity contribution in [2.45, 2.75) is 24.2 Å². The van der Waals surface area contributed by atoms with E-state index in [1.165, 1.54) is 0 Å². The lowest BCUT2D eigenvalue weighted by molar-refractivity contribution is 0.214. The Morgan fingerprint density at radius 3 is 2.29 bits per heavy atom. The number of benzene rings is 1. The Morgan fingerprint density at radius 2 is 1.88 bits per heavy atom. The molecule has 0 unspecified atom stereocenters. The Morgan fingerprint density at radius 1 is 1.24 bits per heavy atom. The molecule has 0 aromatic heterocycles. The predicted octanol–water partition coefficient (Wildman–Crippen LogP) is 2.70. The summed E-state index contributed by atoms with van der Waals surface area (Å²) in [5, 5.41) is 9.49. The fourth-order valence-electron chi connectivity index (χ4n) is 1.64. The van der Waals surface area contributed by atoms with E-state index in [0.29, 0.717) is 0 Å². The number of aliphatic hydroxyl groups excluding tert-OH is 1. The van der Waals surface area contributed by atoms with Gasteiger partial charge in [0.1, 0.15) is 11.5 Å². The maximum Gasteiger partial charge on any atom is 0.136 e. The lowest BCUT2D eigenvalue weighted by Crippen LogP contribution is -2.23. The first-order chi connectivity index (χ1) is 8.00. The summed E-state index contributed by atoms with van der Waals surface area (Å²) in [4.78, 5) is 1.02. The monoisotopic (exact) mass is 256 g/mol. The molecule has 0 atom stereocenters. The zero-order chi connectivity index (χ0) is 13.1. The van der Waals surface area contributed by atoms with Gasteiger partial charge in [0.2, 0.25) is 0 Å². The molecule has 0 bridgehead atoms. The van der Waals surface area contributed by atoms with Gasteiger partial charge >= 0.3 is 0 Å². The van der Waals surface area contributed by atoms with Crippen LogP contribution >= 0.6 is 11.8 Å². The van der Waals surface area contributed by atoms with Crippen molar-refractivity contribution < 1.29 is 14.6 Å². The normalized spacial score (nSPS) is 11.4. The van der Waals surface area contributed by atoms with Crippen LogP contribution in [0.25, 0.3) is 0 Å². The Balaban J connectivity index is 3.44. The van der Waals surface area contributed by atoms with Gasteiger partial charge in [-0.15, -0.1) is 11.8 Å². The molecule has 1 N–H and O–H groups in total. The fraction of sp³-hybridized carbons (Fsp3) is 0.538. The molecule has 0 aliphatic rings. The Hall–Kier alpha value is -0.870. The van der Waals surface area contributed by atoms with Gasteiger partial charge in [-0.3, -0.25) is 0 Å². The molecule has 0 saturated carbocycles. The van der Waals surface area contributed by atoms with E-state index in [-0.39, 0.29) is 12.0 Å². The maximum atomic E-state index is 9.49. The molecule has 0 saturated heterocycles. The Labute approximate surface area is 107 Å². The molecule has 0 fully saturated rings. The molecular weight excluding hydrogens is 236 g/mol. The van der Waals surface area contributed by atoms with E-state index in [0.717, 1.165) is 22.0 Å². The van der Waals surface area contributed by atoms with Crippen LogP contribution in [-0.2, 0) is 5.41 Å². The maximum absolute atomic E-state index is 9.49. The Kier molecular flexibility index (Phi) is 4.71. The molecule has 1 rings (SSSR count). The number of aliphatic hydroxyl groups is 1. The predicted molar refractivity (Wildman–Crippen MR) is 71.4 cm³/mol. The highest BCUT2D eigenvalue weighted by Crippen LogP contribution is 2.41. The molecule has 0 spiro atoms. The second kappa shape index (κ2) is 5.65. The first kappa shape index (κ1) is 14.2. The third kappa shape index (κ3) is 2.87. The van der Waals surface area contributed by atoms with Gasteiger partial charge in [0, 0.05) is 11.0 Å². The minimum atomic E-state index is -0.357. The zero-order valence-electron chi connectivity index (χ0n) is 11.0. The second-order valence-corrected chi connectivity index (χ2v) is 5.30. The summed E-state index contributed by atoms with van der Waals surface area (Å²) in [5.41, 5.74) is 0.607. The van der Waals surface area contributed by atoms with Gasteiger partial charge in [-0.1, -0.05) is 13.8 Å². The third-order valence-electron chi connectivity index (χ3n) is 2.81. The number of ether oxygens (including phenoxy) is 2. The quantitative estimate of drug-likeness (QED) is 0.822. The lowest BCUT2D eigenvalue weighted by Gasteiger charge is -2.26. The lowest BCUT2D eigenvalue weighted by atomic mass is 9.85. The summed E-state index contributed by atoms with van der Waals surface area (Å²) in [6, 6.07) is 3.87. The second-order valence-electron chi connectivity index (χ2n) is 4.45. The van der Waals surface area contributed by atoms with Gasteiger partial charge in [0.05, 0.1) is 25.7 Å². The Bertz CT molecular complexity index is 388. The van der Waals surface area contributed by atoms with E-state index < -0.39 is 0 Å². The van der Waals surface area contributed by atoms with E-state index >= 15 is 0 Å². The van der Waals surface area contributed by atoms with Crippen LogP contribution in [0.5, 0.6) is 11.5 Å². The van der Waals surface area contributed by atoms with Crippen LogP contribution in [-0.4, -0.2) is 32.2 Å². The number of hydrogen-bond donors (Lipinski definition) is 1. The molecule has 0 aliphatic carbocycles. The zero-order valence-corrected chi connectivity index (χ0v) is 11.9. The molecule has 0 heterocycles. The number of rotatable bonds is 5. The van der Waals surface area contributed by atoms with Gasteiger partial charge in [-0.05, 0) is 18.4 Å². The molecule has 96 valence electrons. The van der Waals surface area contributed by atoms with Crippen molar-refractivity contribution >= 4 is 11.8 Å². The molecule has 0 amide bonds. The van der Waals surface area contributed by atoms with E-state index in [9.17, 15) is 5.11 Å². The average molecular weight is 256 g/mol. The molecule has 3 nitrogen and oxygen atoms in total. The van der Waals surface area contributed by atoms with E-state index in [1.54, 1.807) is 26.0 Å². The number of hydrogen-bond acceptors (Lipinski definition) is 4. The van der Waals surface area contributed by atoms with Crippen LogP contribution in [0.1, 0.15) is 19.4 Å². The molecule has 17 heavy (non-hydrogen) atoms. The van der Waals surface area contributed by atoms with E-state index in [1.807, 2.05) is 32.2 Å². The first-order valence-corrected chi connectivity index (χ1v) is 6.64. The smallest absolute Gasteiger partial charge is 0.136 e. The topological polar surface area (TPSA) is 38.7 Å². The first-order valence-electron chi connectivity index (χ1n) is 5.41. The molecular formula is C13H20O3S. The van der Waals surface area contributed by atoms with Crippen LogP contribution in [0.2, 0.25) is 0 Å². The highest BCUT2D eigenvalue weighted by Gasteiger charge is 2.26. The van der Waals surface area contributed by atoms with Crippen LogP contribution in [0.15, 0.2) is 17.0 Å². The molecule has 0 radical (unpaired) electrons. The van der Waals surface area contributed by atoms with Gasteiger partial charge in [0.15, 0.2) is 0 Å². The molecule has 1 aromatic rings. The van der Waals surface area contributed by atoms with Crippen LogP contribution < -0.4 is 9.47 Å². The van der Waals surface area contributed by atoms with Gasteiger partial charge in [-0.25, -0.2) is 0 Å². The largest absolute Gasteiger partial charge is 0.497 e.